The summed E-state index contributed by atoms with van der Waals surface area (Å²) >= 11 is 4.87. The highest BCUT2D eigenvalue weighted by Crippen LogP contribution is 2.44. The smallest absolute Gasteiger partial charge is 0.171 e. The number of aliphatic imine (C=N–C) groups is 1. The highest BCUT2D eigenvalue weighted by Gasteiger charge is 2.08. The molecule has 0 saturated carbocycles. The molecule has 1 aliphatic rings. The van der Waals surface area contributed by atoms with Gasteiger partial charge in [0.25, 0.3) is 0 Å². The van der Waals surface area contributed by atoms with Crippen molar-refractivity contribution in [3.63, 3.8) is 0 Å². The van der Waals surface area contributed by atoms with E-state index in [-0.39, 0.29) is 0 Å². The third-order valence-corrected chi connectivity index (χ3v) is 4.29. The maximum Gasteiger partial charge on any atom is 0.171 e. The normalized spacial score (nSPS) is 26.7. The topological polar surface area (TPSA) is 28.0 Å². The summed E-state index contributed by atoms with van der Waals surface area (Å²) in [5.41, 5.74) is 1.82. The Hall–Kier alpha value is -0.0700. The molecule has 0 radical (unpaired) electrons. The Bertz CT molecular complexity index is 211. The second-order valence-corrected chi connectivity index (χ2v) is 6.05. The molecule has 0 saturated heterocycles. The Kier molecular flexibility index (Phi) is 3.35. The summed E-state index contributed by atoms with van der Waals surface area (Å²) < 4.78 is 4.97. The fourth-order valence-corrected chi connectivity index (χ4v) is 3.44. The van der Waals surface area contributed by atoms with Gasteiger partial charge in [-0.1, -0.05) is 10.1 Å². The third-order valence-electron chi connectivity index (χ3n) is 0.830. The van der Waals surface area contributed by atoms with Crippen LogP contribution in [0.4, 0.5) is 0 Å². The Morgan fingerprint density at radius 1 is 1.82 bits per heavy atom. The van der Waals surface area contributed by atoms with E-state index in [1.54, 1.807) is 17.1 Å². The van der Waals surface area contributed by atoms with Gasteiger partial charge in [-0.3, -0.25) is 0 Å². The first-order valence-corrected chi connectivity index (χ1v) is 6.14. The standard InChI is InChI=1S/C5H9N3S3/c1-8(2)3-7-11-4-6-5(9)10-11/h3-4,11H,1-2H3/b7-3+. The van der Waals surface area contributed by atoms with Crippen molar-refractivity contribution >= 4 is 49.3 Å². The monoisotopic (exact) mass is 207 g/mol. The predicted molar refractivity (Wildman–Crippen MR) is 59.8 cm³/mol. The summed E-state index contributed by atoms with van der Waals surface area (Å²) in [6, 6.07) is 0. The van der Waals surface area contributed by atoms with Gasteiger partial charge in [0.15, 0.2) is 4.32 Å². The maximum absolute atomic E-state index is 4.87. The zero-order chi connectivity index (χ0) is 8.27. The third kappa shape index (κ3) is 3.22. The van der Waals surface area contributed by atoms with Crippen LogP contribution >= 0.6 is 33.1 Å². The van der Waals surface area contributed by atoms with Gasteiger partial charge in [0.05, 0.1) is 11.9 Å². The second-order valence-electron chi connectivity index (χ2n) is 2.10. The highest BCUT2D eigenvalue weighted by molar-refractivity contribution is 8.96. The summed E-state index contributed by atoms with van der Waals surface area (Å²) in [5, 5.41) is 0. The van der Waals surface area contributed by atoms with Crippen LogP contribution in [0.3, 0.4) is 0 Å². The van der Waals surface area contributed by atoms with Crippen LogP contribution in [0.5, 0.6) is 0 Å². The van der Waals surface area contributed by atoms with E-state index in [0.717, 1.165) is 0 Å². The van der Waals surface area contributed by atoms with Crippen molar-refractivity contribution in [2.24, 2.45) is 9.39 Å². The van der Waals surface area contributed by atoms with Crippen LogP contribution in [0, 0.1) is 0 Å². The van der Waals surface area contributed by atoms with Gasteiger partial charge in [-0.25, -0.2) is 9.39 Å². The van der Waals surface area contributed by atoms with E-state index in [1.807, 2.05) is 24.5 Å². The first-order chi connectivity index (χ1) is 5.18. The SMILES string of the molecule is CN(C)/C=N/[SH]1C=NC(=S)S1. The molecule has 1 aliphatic heterocycles. The maximum atomic E-state index is 4.87. The molecule has 0 aliphatic carbocycles. The van der Waals surface area contributed by atoms with Gasteiger partial charge in [0.1, 0.15) is 0 Å². The zero-order valence-corrected chi connectivity index (χ0v) is 8.79. The van der Waals surface area contributed by atoms with Crippen LogP contribution < -0.4 is 0 Å². The summed E-state index contributed by atoms with van der Waals surface area (Å²) in [6.45, 7) is 0. The molecule has 0 bridgehead atoms. The van der Waals surface area contributed by atoms with Crippen LogP contribution in [-0.2, 0) is 0 Å². The Labute approximate surface area is 77.9 Å². The van der Waals surface area contributed by atoms with Crippen LogP contribution in [0.25, 0.3) is 0 Å². The largest absolute Gasteiger partial charge is 0.368 e. The molecule has 1 atom stereocenters. The summed E-state index contributed by atoms with van der Waals surface area (Å²) in [7, 11) is 4.93. The van der Waals surface area contributed by atoms with Crippen molar-refractivity contribution in [2.75, 3.05) is 14.1 Å². The minimum Gasteiger partial charge on any atom is -0.368 e. The van der Waals surface area contributed by atoms with E-state index < -0.39 is 10.1 Å². The van der Waals surface area contributed by atoms with E-state index in [0.29, 0.717) is 4.32 Å². The zero-order valence-electron chi connectivity index (χ0n) is 6.26. The van der Waals surface area contributed by atoms with E-state index in [2.05, 4.69) is 9.39 Å². The fraction of sp³-hybridized carbons (Fsp3) is 0.400. The van der Waals surface area contributed by atoms with Crippen molar-refractivity contribution < 1.29 is 0 Å². The molecule has 0 fully saturated rings. The molecule has 0 aromatic rings. The van der Waals surface area contributed by atoms with E-state index in [4.69, 9.17) is 12.2 Å². The number of nitrogens with zero attached hydrogens (tertiary/aromatic N) is 3. The van der Waals surface area contributed by atoms with Crippen LogP contribution in [0.1, 0.15) is 0 Å². The Balaban J connectivity index is 2.41. The van der Waals surface area contributed by atoms with Gasteiger partial charge in [-0.05, 0) is 23.0 Å². The molecule has 3 nitrogen and oxygen atoms in total. The highest BCUT2D eigenvalue weighted by atomic mass is 33.1. The summed E-state index contributed by atoms with van der Waals surface area (Å²) in [5.74, 6) is 0. The lowest BCUT2D eigenvalue weighted by molar-refractivity contribution is 0.645. The van der Waals surface area contributed by atoms with Crippen molar-refractivity contribution in [3.8, 4) is 0 Å². The van der Waals surface area contributed by atoms with Crippen molar-refractivity contribution in [1.29, 1.82) is 0 Å². The van der Waals surface area contributed by atoms with Gasteiger partial charge in [-0.15, -0.1) is 0 Å². The fourth-order valence-electron chi connectivity index (χ4n) is 0.431. The van der Waals surface area contributed by atoms with Gasteiger partial charge >= 0.3 is 0 Å². The van der Waals surface area contributed by atoms with Crippen LogP contribution in [-0.4, -0.2) is 35.2 Å². The molecule has 0 N–H and O–H groups in total. The van der Waals surface area contributed by atoms with Gasteiger partial charge in [0, 0.05) is 14.1 Å². The average Bonchev–Trinajstić information content (AvgIpc) is 2.31. The molecule has 1 unspecified atom stereocenters. The molecule has 6 heteroatoms. The lowest BCUT2D eigenvalue weighted by Gasteiger charge is -2.05. The Morgan fingerprint density at radius 2 is 2.55 bits per heavy atom. The van der Waals surface area contributed by atoms with Gasteiger partial charge in [-0.2, -0.15) is 0 Å². The predicted octanol–water partition coefficient (Wildman–Crippen LogP) is 1.47. The van der Waals surface area contributed by atoms with E-state index >= 15 is 0 Å². The van der Waals surface area contributed by atoms with Crippen molar-refractivity contribution in [2.45, 2.75) is 0 Å². The quantitative estimate of drug-likeness (QED) is 0.244. The molecular formula is C5H9N3S3. The average molecular weight is 207 g/mol. The number of thiocarbonyl (C=S) groups is 1. The number of hydrogen-bond donors (Lipinski definition) is 1. The van der Waals surface area contributed by atoms with Gasteiger partial charge < -0.3 is 4.90 Å². The molecule has 0 aromatic heterocycles. The molecular weight excluding hydrogens is 198 g/mol. The minimum absolute atomic E-state index is 0.505. The summed E-state index contributed by atoms with van der Waals surface area (Å²) in [6.07, 6.45) is 1.79. The van der Waals surface area contributed by atoms with E-state index in [9.17, 15) is 0 Å². The van der Waals surface area contributed by atoms with Crippen molar-refractivity contribution in [3.05, 3.63) is 0 Å². The molecule has 11 heavy (non-hydrogen) atoms. The minimum atomic E-state index is -0.505. The lowest BCUT2D eigenvalue weighted by atomic mass is 11.0. The number of thiol groups is 1. The Morgan fingerprint density at radius 3 is 3.00 bits per heavy atom. The van der Waals surface area contributed by atoms with E-state index in [1.165, 1.54) is 0 Å². The first-order valence-electron chi connectivity index (χ1n) is 2.94. The second kappa shape index (κ2) is 4.08. The molecule has 1 rings (SSSR count). The lowest BCUT2D eigenvalue weighted by Crippen LogP contribution is -2.07. The molecule has 62 valence electrons. The molecule has 1 heterocycles. The van der Waals surface area contributed by atoms with Crippen LogP contribution in [0.2, 0.25) is 0 Å². The molecule has 0 amide bonds. The molecule has 0 spiro atoms. The van der Waals surface area contributed by atoms with Gasteiger partial charge in [0.2, 0.25) is 0 Å². The van der Waals surface area contributed by atoms with Crippen LogP contribution in [0.15, 0.2) is 9.39 Å². The first kappa shape index (κ1) is 9.02. The summed E-state index contributed by atoms with van der Waals surface area (Å²) in [4.78, 5) is 5.86. The van der Waals surface area contributed by atoms with Crippen molar-refractivity contribution in [1.82, 2.24) is 4.90 Å². The molecule has 0 aromatic carbocycles. The number of rotatable bonds is 2. The number of hydrogen-bond acceptors (Lipinski definition) is 3.